The van der Waals surface area contributed by atoms with Gasteiger partial charge in [0.25, 0.3) is 0 Å². The molecule has 2 unspecified atom stereocenters. The Kier molecular flexibility index (Phi) is 5.02. The van der Waals surface area contributed by atoms with E-state index in [0.717, 1.165) is 50.1 Å². The molecule has 5 heteroatoms. The molecule has 5 aliphatic carbocycles. The Morgan fingerprint density at radius 1 is 1.00 bits per heavy atom. The first-order chi connectivity index (χ1) is 19.0. The van der Waals surface area contributed by atoms with Crippen LogP contribution in [0.5, 0.6) is 11.5 Å². The molecule has 4 saturated carbocycles. The molecule has 214 valence electrons. The van der Waals surface area contributed by atoms with Crippen LogP contribution in [0.25, 0.3) is 0 Å². The fourth-order valence-electron chi connectivity index (χ4n) is 10.6. The van der Waals surface area contributed by atoms with Crippen molar-refractivity contribution in [3.8, 4) is 11.5 Å². The van der Waals surface area contributed by atoms with Crippen molar-refractivity contribution in [2.24, 2.45) is 17.3 Å². The summed E-state index contributed by atoms with van der Waals surface area (Å²) in [5.74, 6) is 1.66. The zero-order valence-electron chi connectivity index (χ0n) is 24.8. The molecular formula is C35H45NO4. The first kappa shape index (κ1) is 25.6. The highest BCUT2D eigenvalue weighted by Crippen LogP contribution is 2.78. The molecule has 0 radical (unpaired) electrons. The second-order valence-corrected chi connectivity index (χ2v) is 15.4. The first-order valence-electron chi connectivity index (χ1n) is 15.6. The lowest BCUT2D eigenvalue weighted by Gasteiger charge is -2.75. The minimum atomic E-state index is -1.09. The van der Waals surface area contributed by atoms with Gasteiger partial charge in [0.2, 0.25) is 0 Å². The second-order valence-electron chi connectivity index (χ2n) is 15.4. The molecule has 2 aromatic rings. The molecule has 4 bridgehead atoms. The molecule has 7 aliphatic rings. The van der Waals surface area contributed by atoms with E-state index in [4.69, 9.17) is 9.47 Å². The molecule has 2 heterocycles. The van der Waals surface area contributed by atoms with Gasteiger partial charge in [0.15, 0.2) is 11.5 Å². The van der Waals surface area contributed by atoms with Crippen LogP contribution in [0, 0.1) is 17.3 Å². The molecule has 40 heavy (non-hydrogen) atoms. The number of fused-ring (bicyclic) bond motifs is 2. The van der Waals surface area contributed by atoms with Crippen LogP contribution < -0.4 is 4.74 Å². The highest BCUT2D eigenvalue weighted by atomic mass is 16.6. The molecule has 2 aliphatic heterocycles. The predicted octanol–water partition coefficient (Wildman–Crippen LogP) is 5.82. The molecule has 0 amide bonds. The molecule has 5 nitrogen and oxygen atoms in total. The number of likely N-dealkylation sites (tertiary alicyclic amines) is 1. The van der Waals surface area contributed by atoms with Crippen LogP contribution in [-0.4, -0.2) is 53.1 Å². The van der Waals surface area contributed by atoms with E-state index < -0.39 is 11.2 Å². The number of phenols is 1. The van der Waals surface area contributed by atoms with Gasteiger partial charge >= 0.3 is 0 Å². The summed E-state index contributed by atoms with van der Waals surface area (Å²) in [5.41, 5.74) is 2.98. The predicted molar refractivity (Wildman–Crippen MR) is 155 cm³/mol. The number of nitrogens with zero attached hydrogens (tertiary/aromatic N) is 1. The Hall–Kier alpha value is -2.08. The number of piperidine rings is 1. The summed E-state index contributed by atoms with van der Waals surface area (Å²) in [6.45, 7) is 11.0. The summed E-state index contributed by atoms with van der Waals surface area (Å²) in [6, 6.07) is 13.1. The zero-order valence-corrected chi connectivity index (χ0v) is 24.8. The normalized spacial score (nSPS) is 39.0. The van der Waals surface area contributed by atoms with Crippen molar-refractivity contribution in [3.05, 3.63) is 58.7 Å². The number of rotatable bonds is 5. The van der Waals surface area contributed by atoms with Crippen molar-refractivity contribution in [1.82, 2.24) is 4.90 Å². The van der Waals surface area contributed by atoms with E-state index in [1.165, 1.54) is 36.1 Å². The van der Waals surface area contributed by atoms with Gasteiger partial charge in [-0.1, -0.05) is 51.1 Å². The Bertz CT molecular complexity index is 1370. The van der Waals surface area contributed by atoms with E-state index in [2.05, 4.69) is 56.0 Å². The monoisotopic (exact) mass is 543 g/mol. The lowest BCUT2D eigenvalue weighted by atomic mass is 9.33. The zero-order chi connectivity index (χ0) is 27.9. The maximum absolute atomic E-state index is 12.6. The molecule has 0 aromatic heterocycles. The summed E-state index contributed by atoms with van der Waals surface area (Å²) >= 11 is 0. The van der Waals surface area contributed by atoms with E-state index >= 15 is 0 Å². The highest BCUT2D eigenvalue weighted by molar-refractivity contribution is 5.63. The first-order valence-corrected chi connectivity index (χ1v) is 15.6. The van der Waals surface area contributed by atoms with E-state index in [-0.39, 0.29) is 34.0 Å². The quantitative estimate of drug-likeness (QED) is 0.498. The molecule has 2 spiro atoms. The van der Waals surface area contributed by atoms with Crippen LogP contribution in [0.1, 0.15) is 88.5 Å². The third kappa shape index (κ3) is 2.95. The largest absolute Gasteiger partial charge is 0.504 e. The topological polar surface area (TPSA) is 62.2 Å². The molecule has 5 fully saturated rings. The summed E-state index contributed by atoms with van der Waals surface area (Å²) < 4.78 is 13.6. The number of hydrogen-bond acceptors (Lipinski definition) is 5. The average molecular weight is 544 g/mol. The fourth-order valence-corrected chi connectivity index (χ4v) is 10.6. The lowest BCUT2D eigenvalue weighted by molar-refractivity contribution is -0.304. The van der Waals surface area contributed by atoms with Crippen LogP contribution in [-0.2, 0) is 27.6 Å². The van der Waals surface area contributed by atoms with E-state index in [1.54, 1.807) is 0 Å². The summed E-state index contributed by atoms with van der Waals surface area (Å²) in [6.07, 6.45) is 7.39. The Morgan fingerprint density at radius 3 is 2.40 bits per heavy atom. The van der Waals surface area contributed by atoms with Gasteiger partial charge in [-0.2, -0.15) is 0 Å². The van der Waals surface area contributed by atoms with Gasteiger partial charge < -0.3 is 19.7 Å². The Labute approximate surface area is 238 Å². The number of hydrogen-bond donors (Lipinski definition) is 2. The average Bonchev–Trinajstić information content (AvgIpc) is 3.67. The molecule has 9 rings (SSSR count). The van der Waals surface area contributed by atoms with Crippen LogP contribution in [0.15, 0.2) is 36.4 Å². The van der Waals surface area contributed by atoms with Crippen molar-refractivity contribution < 1.29 is 19.7 Å². The van der Waals surface area contributed by atoms with E-state index in [0.29, 0.717) is 11.8 Å². The van der Waals surface area contributed by atoms with E-state index in [9.17, 15) is 10.2 Å². The molecular weight excluding hydrogens is 498 g/mol. The minimum Gasteiger partial charge on any atom is -0.504 e. The van der Waals surface area contributed by atoms with Gasteiger partial charge in [-0.3, -0.25) is 4.90 Å². The number of aliphatic hydroxyl groups is 1. The second kappa shape index (κ2) is 7.85. The van der Waals surface area contributed by atoms with Crippen molar-refractivity contribution >= 4 is 0 Å². The van der Waals surface area contributed by atoms with Crippen LogP contribution in [0.2, 0.25) is 0 Å². The Balaban J connectivity index is 1.30. The minimum absolute atomic E-state index is 0.0167. The van der Waals surface area contributed by atoms with Gasteiger partial charge in [0.05, 0.1) is 5.60 Å². The molecule has 7 atom stereocenters. The van der Waals surface area contributed by atoms with Crippen molar-refractivity contribution in [3.63, 3.8) is 0 Å². The van der Waals surface area contributed by atoms with Crippen LogP contribution in [0.3, 0.4) is 0 Å². The van der Waals surface area contributed by atoms with Gasteiger partial charge in [0, 0.05) is 42.0 Å². The van der Waals surface area contributed by atoms with Gasteiger partial charge in [-0.15, -0.1) is 0 Å². The maximum Gasteiger partial charge on any atom is 0.165 e. The third-order valence-electron chi connectivity index (χ3n) is 12.7. The standard InChI is InChI=1S/C35H45NO4/c1-31(2,3)23-9-11-24(12-10-23)32(4,38)26-19-33-14-15-35(26,39-5)30-34(33)16-17-36(20-21-6-7-21)27(33)18-22-8-13-25(37)29(40-30)28(22)34/h8-13,21,26-27,30,37-38H,6-7,14-20H2,1-5H3/t26-,27?,30+,32-,33?,34+,35-/m1/s1. The van der Waals surface area contributed by atoms with Crippen molar-refractivity contribution in [2.45, 2.75) is 107 Å². The number of phenolic OH excluding ortho intramolecular Hbond substituents is 1. The van der Waals surface area contributed by atoms with Crippen LogP contribution in [0.4, 0.5) is 0 Å². The smallest absolute Gasteiger partial charge is 0.165 e. The molecule has 2 N–H and O–H groups in total. The number of benzene rings is 2. The third-order valence-corrected chi connectivity index (χ3v) is 12.7. The summed E-state index contributed by atoms with van der Waals surface area (Å²) in [7, 11) is 1.83. The Morgan fingerprint density at radius 2 is 1.73 bits per heavy atom. The molecule has 2 aromatic carbocycles. The van der Waals surface area contributed by atoms with Crippen molar-refractivity contribution in [2.75, 3.05) is 20.2 Å². The van der Waals surface area contributed by atoms with Gasteiger partial charge in [0.1, 0.15) is 11.7 Å². The van der Waals surface area contributed by atoms with Gasteiger partial charge in [-0.25, -0.2) is 0 Å². The SMILES string of the molecule is CO[C@]12CCC3(C[C@@H]1[C@](C)(O)c1ccc(C(C)(C)C)cc1)C1Cc4ccc(O)c5c4[C@@]3(CCN1CC1CC1)[C@@H]2O5. The summed E-state index contributed by atoms with van der Waals surface area (Å²) in [5, 5.41) is 23.7. The van der Waals surface area contributed by atoms with Gasteiger partial charge in [-0.05, 0) is 92.5 Å². The number of ether oxygens (including phenoxy) is 2. The lowest BCUT2D eigenvalue weighted by Crippen LogP contribution is -2.82. The summed E-state index contributed by atoms with van der Waals surface area (Å²) in [4.78, 5) is 2.82. The van der Waals surface area contributed by atoms with Crippen LogP contribution >= 0.6 is 0 Å². The van der Waals surface area contributed by atoms with Crippen molar-refractivity contribution in [1.29, 1.82) is 0 Å². The highest BCUT2D eigenvalue weighted by Gasteiger charge is 2.82. The number of methoxy groups -OCH3 is 1. The van der Waals surface area contributed by atoms with E-state index in [1.807, 2.05) is 20.1 Å². The maximum atomic E-state index is 12.6. The number of aromatic hydroxyl groups is 1. The molecule has 1 saturated heterocycles. The fraction of sp³-hybridized carbons (Fsp3) is 0.657.